The second kappa shape index (κ2) is 19.2. The summed E-state index contributed by atoms with van der Waals surface area (Å²) in [6, 6.07) is 44.4. The monoisotopic (exact) mass is 735 g/mol. The largest absolute Gasteiger partial charge is 0.744 e. The van der Waals surface area contributed by atoms with Gasteiger partial charge in [0.1, 0.15) is 47.6 Å². The molecule has 53 heavy (non-hydrogen) atoms. The van der Waals surface area contributed by atoms with Crippen LogP contribution >= 0.6 is 0 Å². The second-order valence-electron chi connectivity index (χ2n) is 13.6. The van der Waals surface area contributed by atoms with Gasteiger partial charge in [-0.25, -0.2) is 8.42 Å². The topological polar surface area (TPSA) is 98.6 Å². The number of quaternary nitrogens is 1. The van der Waals surface area contributed by atoms with Crippen molar-refractivity contribution in [1.82, 2.24) is 0 Å². The summed E-state index contributed by atoms with van der Waals surface area (Å²) >= 11 is 0. The summed E-state index contributed by atoms with van der Waals surface area (Å²) in [7, 11) is -4.61. The summed E-state index contributed by atoms with van der Waals surface area (Å²) in [5.41, 5.74) is 5.57. The Morgan fingerprint density at radius 1 is 0.660 bits per heavy atom. The van der Waals surface area contributed by atoms with Gasteiger partial charge in [0.2, 0.25) is 0 Å². The fourth-order valence-electron chi connectivity index (χ4n) is 7.02. The van der Waals surface area contributed by atoms with Crippen LogP contribution < -0.4 is 4.90 Å². The van der Waals surface area contributed by atoms with Crippen LogP contribution in [0, 0.1) is 0 Å². The standard InChI is InChI=1S/C44H49NO7S/c1-2-3-26-45-28-42(50-32-38-22-13-14-25-40(38)37-23-15-24-39(27-37)53(46,47)48)44(52-31-36-20-11-6-12-21-36)43(51-30-35-18-9-5-10-19-35)41(45)33-49-29-34-16-7-4-8-17-34/h4-25,27,41-44H,2-3,26,28-33H2,1H3,(H,46,47,48)/t41-,42+,43+,44-/m1/s1. The molecule has 1 aliphatic rings. The van der Waals surface area contributed by atoms with Gasteiger partial charge < -0.3 is 28.4 Å². The highest BCUT2D eigenvalue weighted by Gasteiger charge is 2.49. The summed E-state index contributed by atoms with van der Waals surface area (Å²) in [6.45, 7) is 5.89. The number of unbranched alkanes of at least 4 members (excludes halogenated alkanes) is 1. The number of hydrogen-bond donors (Lipinski definition) is 1. The van der Waals surface area contributed by atoms with E-state index in [9.17, 15) is 13.0 Å². The Balaban J connectivity index is 1.31. The van der Waals surface area contributed by atoms with Gasteiger partial charge >= 0.3 is 0 Å². The first-order chi connectivity index (χ1) is 25.9. The lowest BCUT2D eigenvalue weighted by Crippen LogP contribution is -3.21. The van der Waals surface area contributed by atoms with Gasteiger partial charge in [0.05, 0.1) is 37.9 Å². The molecular formula is C44H49NO7S. The van der Waals surface area contributed by atoms with Crippen molar-refractivity contribution >= 4 is 10.1 Å². The lowest BCUT2D eigenvalue weighted by atomic mass is 9.92. The molecule has 8 nitrogen and oxygen atoms in total. The van der Waals surface area contributed by atoms with Crippen LogP contribution in [0.15, 0.2) is 144 Å². The molecule has 1 N–H and O–H groups in total. The second-order valence-corrected chi connectivity index (χ2v) is 15.0. The Hall–Kier alpha value is -4.19. The molecule has 5 aromatic rings. The van der Waals surface area contributed by atoms with E-state index in [1.54, 1.807) is 6.07 Å². The normalized spacial score (nSPS) is 20.3. The Kier molecular flexibility index (Phi) is 14.0. The fraction of sp³-hybridized carbons (Fsp3) is 0.318. The highest BCUT2D eigenvalue weighted by atomic mass is 32.2. The van der Waals surface area contributed by atoms with Gasteiger partial charge in [-0.15, -0.1) is 0 Å². The Bertz CT molecular complexity index is 1940. The van der Waals surface area contributed by atoms with Gasteiger partial charge in [-0.1, -0.05) is 141 Å². The summed E-state index contributed by atoms with van der Waals surface area (Å²) in [5, 5.41) is 0. The zero-order valence-corrected chi connectivity index (χ0v) is 31.0. The van der Waals surface area contributed by atoms with Crippen molar-refractivity contribution in [2.24, 2.45) is 0 Å². The van der Waals surface area contributed by atoms with Gasteiger partial charge in [0.15, 0.2) is 0 Å². The minimum Gasteiger partial charge on any atom is -0.744 e. The number of likely N-dealkylation sites (tertiary alicyclic amines) is 1. The van der Waals surface area contributed by atoms with E-state index in [0.717, 1.165) is 47.2 Å². The molecular weight excluding hydrogens is 687 g/mol. The lowest BCUT2D eigenvalue weighted by Gasteiger charge is -2.46. The van der Waals surface area contributed by atoms with E-state index < -0.39 is 16.2 Å². The highest BCUT2D eigenvalue weighted by molar-refractivity contribution is 7.85. The smallest absolute Gasteiger partial charge is 0.141 e. The maximum Gasteiger partial charge on any atom is 0.141 e. The molecule has 5 aromatic carbocycles. The van der Waals surface area contributed by atoms with E-state index in [-0.39, 0.29) is 29.8 Å². The number of nitrogens with one attached hydrogen (secondary N) is 1. The molecule has 0 aromatic heterocycles. The van der Waals surface area contributed by atoms with Gasteiger partial charge in [-0.05, 0) is 51.9 Å². The maximum absolute atomic E-state index is 11.9. The average Bonchev–Trinajstić information content (AvgIpc) is 3.19. The quantitative estimate of drug-likeness (QED) is 0.101. The molecule has 0 amide bonds. The molecule has 0 saturated carbocycles. The van der Waals surface area contributed by atoms with Gasteiger partial charge in [0.25, 0.3) is 0 Å². The van der Waals surface area contributed by atoms with Crippen molar-refractivity contribution in [3.8, 4) is 11.1 Å². The van der Waals surface area contributed by atoms with Crippen LogP contribution in [-0.4, -0.2) is 57.0 Å². The third kappa shape index (κ3) is 10.9. The molecule has 1 saturated heterocycles. The van der Waals surface area contributed by atoms with Crippen molar-refractivity contribution in [2.75, 3.05) is 19.7 Å². The lowest BCUT2D eigenvalue weighted by molar-refractivity contribution is -0.940. The van der Waals surface area contributed by atoms with E-state index >= 15 is 0 Å². The molecule has 1 fully saturated rings. The van der Waals surface area contributed by atoms with E-state index in [0.29, 0.717) is 38.5 Å². The van der Waals surface area contributed by atoms with E-state index in [1.807, 2.05) is 84.9 Å². The summed E-state index contributed by atoms with van der Waals surface area (Å²) < 4.78 is 62.7. The number of piperidine rings is 1. The first-order valence-electron chi connectivity index (χ1n) is 18.4. The Morgan fingerprint density at radius 2 is 1.25 bits per heavy atom. The SMILES string of the molecule is CCCC[NH+]1C[C@H](OCc2ccccc2-c2cccc(S(=O)(=O)[O-])c2)[C@@H](OCc2ccccc2)[C@@H](OCc2ccccc2)[C@H]1COCc1ccccc1. The Labute approximate surface area is 314 Å². The van der Waals surface area contributed by atoms with E-state index in [1.165, 1.54) is 17.0 Å². The molecule has 1 heterocycles. The van der Waals surface area contributed by atoms with Crippen LogP contribution in [0.3, 0.4) is 0 Å². The van der Waals surface area contributed by atoms with Gasteiger partial charge in [0, 0.05) is 0 Å². The van der Waals surface area contributed by atoms with Crippen LogP contribution in [0.5, 0.6) is 0 Å². The third-order valence-corrected chi connectivity index (χ3v) is 10.6. The van der Waals surface area contributed by atoms with Crippen molar-refractivity contribution < 1.29 is 36.8 Å². The molecule has 0 bridgehead atoms. The molecule has 1 aliphatic heterocycles. The molecule has 6 rings (SSSR count). The van der Waals surface area contributed by atoms with Crippen LogP contribution in [0.4, 0.5) is 0 Å². The molecule has 278 valence electrons. The van der Waals surface area contributed by atoms with Crippen LogP contribution in [0.2, 0.25) is 0 Å². The molecule has 0 aliphatic carbocycles. The molecule has 5 atom stereocenters. The molecule has 1 unspecified atom stereocenters. The number of rotatable bonds is 18. The number of ether oxygens (including phenoxy) is 4. The summed E-state index contributed by atoms with van der Waals surface area (Å²) in [5.74, 6) is 0. The molecule has 9 heteroatoms. The van der Waals surface area contributed by atoms with Gasteiger partial charge in [-0.3, -0.25) is 0 Å². The van der Waals surface area contributed by atoms with E-state index in [4.69, 9.17) is 18.9 Å². The summed E-state index contributed by atoms with van der Waals surface area (Å²) in [4.78, 5) is 1.09. The molecule has 0 spiro atoms. The predicted molar refractivity (Wildman–Crippen MR) is 204 cm³/mol. The van der Waals surface area contributed by atoms with Crippen LogP contribution in [0.1, 0.15) is 42.0 Å². The summed E-state index contributed by atoms with van der Waals surface area (Å²) in [6.07, 6.45) is 0.991. The van der Waals surface area contributed by atoms with Crippen molar-refractivity contribution in [3.63, 3.8) is 0 Å². The average molecular weight is 736 g/mol. The zero-order valence-electron chi connectivity index (χ0n) is 30.2. The van der Waals surface area contributed by atoms with Crippen molar-refractivity contribution in [1.29, 1.82) is 0 Å². The first-order valence-corrected chi connectivity index (χ1v) is 19.8. The highest BCUT2D eigenvalue weighted by Crippen LogP contribution is 2.28. The maximum atomic E-state index is 11.9. The third-order valence-electron chi connectivity index (χ3n) is 9.81. The fourth-order valence-corrected chi connectivity index (χ4v) is 7.54. The van der Waals surface area contributed by atoms with Crippen LogP contribution in [0.25, 0.3) is 11.1 Å². The number of benzene rings is 5. The minimum absolute atomic E-state index is 0.0151. The molecule has 0 radical (unpaired) electrons. The van der Waals surface area contributed by atoms with E-state index in [2.05, 4.69) is 43.3 Å². The van der Waals surface area contributed by atoms with Crippen LogP contribution in [-0.2, 0) is 55.5 Å². The Morgan fingerprint density at radius 3 is 1.87 bits per heavy atom. The van der Waals surface area contributed by atoms with Crippen molar-refractivity contribution in [3.05, 3.63) is 162 Å². The minimum atomic E-state index is -4.61. The van der Waals surface area contributed by atoms with Gasteiger partial charge in [-0.2, -0.15) is 0 Å². The number of hydrogen-bond acceptors (Lipinski definition) is 7. The van der Waals surface area contributed by atoms with Crippen molar-refractivity contribution in [2.45, 2.75) is 75.4 Å². The first kappa shape index (κ1) is 38.5. The predicted octanol–water partition coefficient (Wildman–Crippen LogP) is 6.60. The zero-order chi connectivity index (χ0) is 36.9.